The number of allylic oxidation sites excluding steroid dienone is 14. The van der Waals surface area contributed by atoms with Crippen LogP contribution < -0.4 is 0 Å². The van der Waals surface area contributed by atoms with E-state index in [4.69, 9.17) is 9.47 Å². The lowest BCUT2D eigenvalue weighted by Crippen LogP contribution is -2.28. The predicted octanol–water partition coefficient (Wildman–Crippen LogP) is 16.6. The molecule has 0 amide bonds. The average Bonchev–Trinajstić information content (AvgIpc) is 3.25. The van der Waals surface area contributed by atoms with E-state index < -0.39 is 6.10 Å². The van der Waals surface area contributed by atoms with Gasteiger partial charge in [-0.05, 0) is 70.6 Å². The van der Waals surface area contributed by atoms with Crippen LogP contribution in [0.5, 0.6) is 0 Å². The van der Waals surface area contributed by atoms with Gasteiger partial charge in [0.15, 0.2) is 6.10 Å². The van der Waals surface area contributed by atoms with Gasteiger partial charge in [-0.1, -0.05) is 234 Å². The number of carbonyl (C=O) groups is 2. The standard InChI is InChI=1S/C55H94O5/c1-3-5-7-9-11-13-15-17-19-21-23-25-26-27-28-30-32-34-36-38-40-42-44-46-48-50-55(58)60-53(51-56)52-59-54(57)49-47-45-43-41-39-37-35-33-31-29-24-22-20-18-16-14-12-10-8-6-4-2/h5,7,11,13,17,19,23,25,27-28,32,34,38,40,53,56H,3-4,6,8-10,12,14-16,18,20-22,24,26,29-31,33,35-37,39,41-52H2,1-2H3/b7-5-,13-11-,19-17-,25-23-,28-27-,34-32-,40-38-. The lowest BCUT2D eigenvalue weighted by atomic mass is 10.0. The first-order valence-electron chi connectivity index (χ1n) is 25.1. The molecule has 0 fully saturated rings. The van der Waals surface area contributed by atoms with Crippen LogP contribution in [0.15, 0.2) is 85.1 Å². The second-order valence-electron chi connectivity index (χ2n) is 16.5. The Labute approximate surface area is 371 Å². The summed E-state index contributed by atoms with van der Waals surface area (Å²) < 4.78 is 10.7. The third-order valence-corrected chi connectivity index (χ3v) is 10.7. The van der Waals surface area contributed by atoms with Crippen LogP contribution in [-0.2, 0) is 19.1 Å². The Morgan fingerprint density at radius 3 is 1.08 bits per heavy atom. The first-order chi connectivity index (χ1) is 29.6. The number of carbonyl (C=O) groups excluding carboxylic acids is 2. The number of hydrogen-bond acceptors (Lipinski definition) is 5. The smallest absolute Gasteiger partial charge is 0.306 e. The van der Waals surface area contributed by atoms with Crippen LogP contribution in [0.3, 0.4) is 0 Å². The number of hydrogen-bond donors (Lipinski definition) is 1. The van der Waals surface area contributed by atoms with Gasteiger partial charge in [-0.3, -0.25) is 9.59 Å². The fourth-order valence-electron chi connectivity index (χ4n) is 6.95. The molecule has 1 unspecified atom stereocenters. The summed E-state index contributed by atoms with van der Waals surface area (Å²) in [4.78, 5) is 24.4. The van der Waals surface area contributed by atoms with E-state index >= 15 is 0 Å². The second kappa shape index (κ2) is 50.4. The molecule has 0 saturated carbocycles. The molecule has 5 heteroatoms. The average molecular weight is 835 g/mol. The molecule has 0 aliphatic carbocycles. The molecule has 344 valence electrons. The fourth-order valence-corrected chi connectivity index (χ4v) is 6.95. The number of esters is 2. The highest BCUT2D eigenvalue weighted by Gasteiger charge is 2.16. The first-order valence-corrected chi connectivity index (χ1v) is 25.1. The maximum atomic E-state index is 12.3. The highest BCUT2D eigenvalue weighted by molar-refractivity contribution is 5.70. The minimum Gasteiger partial charge on any atom is -0.462 e. The fraction of sp³-hybridized carbons (Fsp3) is 0.709. The lowest BCUT2D eigenvalue weighted by molar-refractivity contribution is -0.161. The van der Waals surface area contributed by atoms with Crippen LogP contribution in [0.4, 0.5) is 0 Å². The Hall–Kier alpha value is -2.92. The highest BCUT2D eigenvalue weighted by atomic mass is 16.6. The lowest BCUT2D eigenvalue weighted by Gasteiger charge is -2.15. The number of rotatable bonds is 45. The molecule has 0 spiro atoms. The van der Waals surface area contributed by atoms with Gasteiger partial charge in [-0.2, -0.15) is 0 Å². The predicted molar refractivity (Wildman–Crippen MR) is 260 cm³/mol. The van der Waals surface area contributed by atoms with Crippen molar-refractivity contribution in [3.8, 4) is 0 Å². The van der Waals surface area contributed by atoms with Crippen LogP contribution in [0.1, 0.15) is 232 Å². The Kier molecular flexibility index (Phi) is 48.0. The zero-order valence-corrected chi connectivity index (χ0v) is 39.2. The summed E-state index contributed by atoms with van der Waals surface area (Å²) in [5, 5.41) is 9.62. The minimum absolute atomic E-state index is 0.0815. The van der Waals surface area contributed by atoms with Crippen molar-refractivity contribution in [3.05, 3.63) is 85.1 Å². The largest absolute Gasteiger partial charge is 0.462 e. The molecule has 1 atom stereocenters. The first kappa shape index (κ1) is 57.1. The number of aliphatic hydroxyl groups is 1. The van der Waals surface area contributed by atoms with Crippen molar-refractivity contribution >= 4 is 11.9 Å². The summed E-state index contributed by atoms with van der Waals surface area (Å²) in [6.45, 7) is 4.01. The maximum Gasteiger partial charge on any atom is 0.306 e. The van der Waals surface area contributed by atoms with Crippen LogP contribution in [0.25, 0.3) is 0 Å². The molecular weight excluding hydrogens is 741 g/mol. The van der Waals surface area contributed by atoms with Gasteiger partial charge in [0.2, 0.25) is 0 Å². The summed E-state index contributed by atoms with van der Waals surface area (Å²) in [6.07, 6.45) is 69.6. The summed E-state index contributed by atoms with van der Waals surface area (Å²) >= 11 is 0. The minimum atomic E-state index is -0.793. The van der Waals surface area contributed by atoms with Crippen molar-refractivity contribution in [2.24, 2.45) is 0 Å². The van der Waals surface area contributed by atoms with Crippen LogP contribution in [0, 0.1) is 0 Å². The summed E-state index contributed by atoms with van der Waals surface area (Å²) in [7, 11) is 0. The Bertz CT molecular complexity index is 1130. The molecule has 0 heterocycles. The van der Waals surface area contributed by atoms with Gasteiger partial charge in [0.25, 0.3) is 0 Å². The molecule has 0 aromatic rings. The SMILES string of the molecule is CC/C=C\C/C=C\C/C=C\C/C=C\C/C=C\C/C=C\C/C=C\CCCCCC(=O)OC(CO)COC(=O)CCCCCCCCCCCCCCCCCCCCCCC. The van der Waals surface area contributed by atoms with E-state index in [0.717, 1.165) is 89.9 Å². The molecule has 0 aromatic heterocycles. The van der Waals surface area contributed by atoms with Crippen molar-refractivity contribution in [2.75, 3.05) is 13.2 Å². The summed E-state index contributed by atoms with van der Waals surface area (Å²) in [5.41, 5.74) is 0. The zero-order valence-electron chi connectivity index (χ0n) is 39.2. The van der Waals surface area contributed by atoms with Gasteiger partial charge in [-0.15, -0.1) is 0 Å². The Balaban J connectivity index is 3.60. The van der Waals surface area contributed by atoms with Gasteiger partial charge in [0, 0.05) is 12.8 Å². The van der Waals surface area contributed by atoms with Crippen molar-refractivity contribution in [1.29, 1.82) is 0 Å². The summed E-state index contributed by atoms with van der Waals surface area (Å²) in [5.74, 6) is -0.626. The molecule has 0 aromatic carbocycles. The molecule has 0 radical (unpaired) electrons. The molecule has 0 aliphatic heterocycles. The molecule has 0 aliphatic rings. The van der Waals surface area contributed by atoms with Crippen molar-refractivity contribution in [2.45, 2.75) is 238 Å². The second-order valence-corrected chi connectivity index (χ2v) is 16.5. The van der Waals surface area contributed by atoms with Crippen molar-refractivity contribution < 1.29 is 24.2 Å². The third kappa shape index (κ3) is 47.8. The summed E-state index contributed by atoms with van der Waals surface area (Å²) in [6, 6.07) is 0. The molecule has 1 N–H and O–H groups in total. The molecule has 0 saturated heterocycles. The topological polar surface area (TPSA) is 72.8 Å². The van der Waals surface area contributed by atoms with E-state index in [9.17, 15) is 14.7 Å². The Morgan fingerprint density at radius 2 is 0.717 bits per heavy atom. The van der Waals surface area contributed by atoms with Gasteiger partial charge < -0.3 is 14.6 Å². The van der Waals surface area contributed by atoms with Gasteiger partial charge in [0.05, 0.1) is 6.61 Å². The highest BCUT2D eigenvalue weighted by Crippen LogP contribution is 2.16. The van der Waals surface area contributed by atoms with Crippen molar-refractivity contribution in [3.63, 3.8) is 0 Å². The van der Waals surface area contributed by atoms with E-state index in [0.29, 0.717) is 12.8 Å². The molecule has 0 rings (SSSR count). The number of unbranched alkanes of at least 4 members (excludes halogenated alkanes) is 23. The quantitative estimate of drug-likeness (QED) is 0.0376. The van der Waals surface area contributed by atoms with Gasteiger partial charge in [0.1, 0.15) is 6.61 Å². The molecule has 0 bridgehead atoms. The van der Waals surface area contributed by atoms with E-state index in [-0.39, 0.29) is 25.2 Å². The maximum absolute atomic E-state index is 12.3. The molecule has 5 nitrogen and oxygen atoms in total. The number of ether oxygens (including phenoxy) is 2. The van der Waals surface area contributed by atoms with Crippen LogP contribution in [-0.4, -0.2) is 36.4 Å². The normalized spacial score (nSPS) is 12.9. The number of aliphatic hydroxyl groups excluding tert-OH is 1. The Morgan fingerprint density at radius 1 is 0.400 bits per heavy atom. The zero-order chi connectivity index (χ0) is 43.5. The van der Waals surface area contributed by atoms with E-state index in [2.05, 4.69) is 98.9 Å². The monoisotopic (exact) mass is 835 g/mol. The van der Waals surface area contributed by atoms with Crippen molar-refractivity contribution in [1.82, 2.24) is 0 Å². The van der Waals surface area contributed by atoms with Gasteiger partial charge >= 0.3 is 11.9 Å². The third-order valence-electron chi connectivity index (χ3n) is 10.7. The van der Waals surface area contributed by atoms with E-state index in [1.54, 1.807) is 0 Å². The van der Waals surface area contributed by atoms with E-state index in [1.165, 1.54) is 116 Å². The van der Waals surface area contributed by atoms with Gasteiger partial charge in [-0.25, -0.2) is 0 Å². The molecule has 60 heavy (non-hydrogen) atoms. The van der Waals surface area contributed by atoms with Crippen LogP contribution in [0.2, 0.25) is 0 Å². The van der Waals surface area contributed by atoms with Crippen LogP contribution >= 0.6 is 0 Å². The van der Waals surface area contributed by atoms with E-state index in [1.807, 2.05) is 0 Å². The molecular formula is C55H94O5.